The van der Waals surface area contributed by atoms with Crippen molar-refractivity contribution in [3.8, 4) is 0 Å². The molecule has 0 bridgehead atoms. The van der Waals surface area contributed by atoms with E-state index in [0.29, 0.717) is 12.5 Å². The van der Waals surface area contributed by atoms with Crippen LogP contribution in [0.1, 0.15) is 35.7 Å². The van der Waals surface area contributed by atoms with Gasteiger partial charge in [-0.2, -0.15) is 0 Å². The molecule has 5 heteroatoms. The molecule has 0 unspecified atom stereocenters. The van der Waals surface area contributed by atoms with Crippen LogP contribution in [0.25, 0.3) is 0 Å². The second kappa shape index (κ2) is 6.54. The van der Waals surface area contributed by atoms with E-state index in [9.17, 15) is 0 Å². The summed E-state index contributed by atoms with van der Waals surface area (Å²) in [5, 5.41) is 3.37. The maximum absolute atomic E-state index is 5.16. The number of nitrogens with zero attached hydrogens (tertiary/aromatic N) is 2. The topological polar surface area (TPSA) is 47.0 Å². The molecule has 0 aliphatic heterocycles. The number of methoxy groups -OCH3 is 1. The molecule has 0 atom stereocenters. The summed E-state index contributed by atoms with van der Waals surface area (Å²) in [5.41, 5.74) is 2.39. The number of aromatic nitrogens is 2. The molecule has 2 aromatic rings. The van der Waals surface area contributed by atoms with Gasteiger partial charge in [0.2, 0.25) is 0 Å². The second-order valence-corrected chi connectivity index (χ2v) is 6.13. The molecule has 1 fully saturated rings. The molecule has 0 radical (unpaired) electrons. The van der Waals surface area contributed by atoms with Crippen molar-refractivity contribution in [3.05, 3.63) is 51.9 Å². The number of ether oxygens (including phenoxy) is 1. The Kier molecular flexibility index (Phi) is 4.51. The quantitative estimate of drug-likeness (QED) is 0.805. The molecule has 1 saturated carbocycles. The van der Waals surface area contributed by atoms with E-state index >= 15 is 0 Å². The van der Waals surface area contributed by atoms with Gasteiger partial charge in [-0.05, 0) is 39.9 Å². The van der Waals surface area contributed by atoms with Crippen LogP contribution in [0.2, 0.25) is 0 Å². The predicted octanol–water partition coefficient (Wildman–Crippen LogP) is 3.88. The van der Waals surface area contributed by atoms with E-state index in [0.717, 1.165) is 22.8 Å². The minimum atomic E-state index is 0.549. The second-order valence-electron chi connectivity index (χ2n) is 5.31. The van der Waals surface area contributed by atoms with Crippen LogP contribution >= 0.6 is 15.9 Å². The van der Waals surface area contributed by atoms with Crippen LogP contribution in [0.5, 0.6) is 0 Å². The van der Waals surface area contributed by atoms with E-state index in [1.807, 2.05) is 6.07 Å². The highest BCUT2D eigenvalue weighted by atomic mass is 79.9. The van der Waals surface area contributed by atoms with Gasteiger partial charge in [-0.3, -0.25) is 0 Å². The minimum Gasteiger partial charge on any atom is -0.380 e. The van der Waals surface area contributed by atoms with Gasteiger partial charge >= 0.3 is 0 Å². The van der Waals surface area contributed by atoms with Gasteiger partial charge < -0.3 is 10.1 Å². The fourth-order valence-electron chi connectivity index (χ4n) is 2.24. The Morgan fingerprint density at radius 3 is 2.81 bits per heavy atom. The van der Waals surface area contributed by atoms with E-state index in [1.54, 1.807) is 7.11 Å². The van der Waals surface area contributed by atoms with Crippen LogP contribution < -0.4 is 5.32 Å². The third kappa shape index (κ3) is 4.02. The third-order valence-electron chi connectivity index (χ3n) is 3.43. The molecule has 1 aliphatic rings. The molecule has 4 nitrogen and oxygen atoms in total. The number of halogens is 1. The molecule has 3 rings (SSSR count). The molecule has 0 amide bonds. The summed E-state index contributed by atoms with van der Waals surface area (Å²) in [6.07, 6.45) is 2.41. The zero-order valence-electron chi connectivity index (χ0n) is 12.0. The smallest absolute Gasteiger partial charge is 0.135 e. The van der Waals surface area contributed by atoms with Crippen molar-refractivity contribution in [1.82, 2.24) is 9.97 Å². The number of anilines is 1. The van der Waals surface area contributed by atoms with E-state index < -0.39 is 0 Å². The highest BCUT2D eigenvalue weighted by Crippen LogP contribution is 2.38. The van der Waals surface area contributed by atoms with Crippen LogP contribution in [0, 0.1) is 0 Å². The summed E-state index contributed by atoms with van der Waals surface area (Å²) in [6.45, 7) is 1.38. The molecule has 1 N–H and O–H groups in total. The third-order valence-corrected chi connectivity index (χ3v) is 3.84. The first kappa shape index (κ1) is 14.5. The molecular formula is C16H18BrN3O. The fraction of sp³-hybridized carbons (Fsp3) is 0.375. The highest BCUT2D eigenvalue weighted by molar-refractivity contribution is 9.10. The normalized spacial score (nSPS) is 14.2. The monoisotopic (exact) mass is 347 g/mol. The molecular weight excluding hydrogens is 330 g/mol. The van der Waals surface area contributed by atoms with Crippen LogP contribution in [0.3, 0.4) is 0 Å². The predicted molar refractivity (Wildman–Crippen MR) is 86.2 cm³/mol. The van der Waals surface area contributed by atoms with Crippen LogP contribution in [0.15, 0.2) is 34.9 Å². The van der Waals surface area contributed by atoms with E-state index in [-0.39, 0.29) is 0 Å². The Bertz CT molecular complexity index is 629. The first-order valence-electron chi connectivity index (χ1n) is 7.09. The maximum Gasteiger partial charge on any atom is 0.135 e. The van der Waals surface area contributed by atoms with Gasteiger partial charge in [-0.15, -0.1) is 0 Å². The molecule has 0 spiro atoms. The van der Waals surface area contributed by atoms with Gasteiger partial charge in [-0.1, -0.05) is 24.3 Å². The van der Waals surface area contributed by atoms with Crippen molar-refractivity contribution < 1.29 is 4.74 Å². The van der Waals surface area contributed by atoms with E-state index in [4.69, 9.17) is 4.74 Å². The number of benzene rings is 1. The zero-order chi connectivity index (χ0) is 14.7. The van der Waals surface area contributed by atoms with Crippen molar-refractivity contribution in [3.63, 3.8) is 0 Å². The molecule has 1 heterocycles. The van der Waals surface area contributed by atoms with Crippen molar-refractivity contribution >= 4 is 21.7 Å². The Balaban J connectivity index is 1.68. The summed E-state index contributed by atoms with van der Waals surface area (Å²) in [5.74, 6) is 2.36. The maximum atomic E-state index is 5.16. The Morgan fingerprint density at radius 1 is 1.24 bits per heavy atom. The van der Waals surface area contributed by atoms with Crippen LogP contribution in [-0.2, 0) is 17.9 Å². The lowest BCUT2D eigenvalue weighted by molar-refractivity contribution is 0.185. The SMILES string of the molecule is COCc1cccc(CNc2cc(Br)nc(C3CC3)n2)c1. The minimum absolute atomic E-state index is 0.549. The largest absolute Gasteiger partial charge is 0.380 e. The Hall–Kier alpha value is -1.46. The molecule has 21 heavy (non-hydrogen) atoms. The average molecular weight is 348 g/mol. The molecule has 110 valence electrons. The first-order valence-corrected chi connectivity index (χ1v) is 7.89. The van der Waals surface area contributed by atoms with Gasteiger partial charge in [0.15, 0.2) is 0 Å². The lowest BCUT2D eigenvalue weighted by Gasteiger charge is -2.09. The van der Waals surface area contributed by atoms with Crippen molar-refractivity contribution in [1.29, 1.82) is 0 Å². The van der Waals surface area contributed by atoms with Crippen molar-refractivity contribution in [2.45, 2.75) is 31.9 Å². The van der Waals surface area contributed by atoms with Crippen molar-refractivity contribution in [2.75, 3.05) is 12.4 Å². The van der Waals surface area contributed by atoms with Gasteiger partial charge in [0.1, 0.15) is 16.2 Å². The van der Waals surface area contributed by atoms with Gasteiger partial charge in [-0.25, -0.2) is 9.97 Å². The molecule has 0 saturated heterocycles. The number of hydrogen-bond acceptors (Lipinski definition) is 4. The first-order chi connectivity index (χ1) is 10.2. The van der Waals surface area contributed by atoms with Crippen LogP contribution in [0.4, 0.5) is 5.82 Å². The number of hydrogen-bond donors (Lipinski definition) is 1. The van der Waals surface area contributed by atoms with E-state index in [2.05, 4.69) is 55.5 Å². The number of rotatable bonds is 6. The summed E-state index contributed by atoms with van der Waals surface area (Å²) >= 11 is 3.46. The lowest BCUT2D eigenvalue weighted by atomic mass is 10.1. The Morgan fingerprint density at radius 2 is 2.05 bits per heavy atom. The lowest BCUT2D eigenvalue weighted by Crippen LogP contribution is -2.04. The zero-order valence-corrected chi connectivity index (χ0v) is 13.6. The highest BCUT2D eigenvalue weighted by Gasteiger charge is 2.27. The standard InChI is InChI=1S/C16H18BrN3O/c1-21-10-12-4-2-3-11(7-12)9-18-15-8-14(17)19-16(20-15)13-5-6-13/h2-4,7-8,13H,5-6,9-10H2,1H3,(H,18,19,20). The van der Waals surface area contributed by atoms with Crippen molar-refractivity contribution in [2.24, 2.45) is 0 Å². The molecule has 1 aliphatic carbocycles. The van der Waals surface area contributed by atoms with Gasteiger partial charge in [0.25, 0.3) is 0 Å². The summed E-state index contributed by atoms with van der Waals surface area (Å²) in [4.78, 5) is 9.03. The summed E-state index contributed by atoms with van der Waals surface area (Å²) in [6, 6.07) is 10.3. The summed E-state index contributed by atoms with van der Waals surface area (Å²) < 4.78 is 6.01. The molecule has 1 aromatic carbocycles. The fourth-order valence-corrected chi connectivity index (χ4v) is 2.64. The number of nitrogens with one attached hydrogen (secondary N) is 1. The average Bonchev–Trinajstić information content (AvgIpc) is 3.30. The van der Waals surface area contributed by atoms with Gasteiger partial charge in [0, 0.05) is 25.6 Å². The molecule has 1 aromatic heterocycles. The van der Waals surface area contributed by atoms with E-state index in [1.165, 1.54) is 24.0 Å². The van der Waals surface area contributed by atoms with Crippen LogP contribution in [-0.4, -0.2) is 17.1 Å². The van der Waals surface area contributed by atoms with Gasteiger partial charge in [0.05, 0.1) is 6.61 Å². The Labute approximate surface area is 133 Å². The summed E-state index contributed by atoms with van der Waals surface area (Å²) in [7, 11) is 1.71.